The van der Waals surface area contributed by atoms with Gasteiger partial charge in [0.1, 0.15) is 13.2 Å². The number of rotatable bonds is 41. The maximum absolute atomic E-state index is 12.7. The van der Waals surface area contributed by atoms with E-state index in [1.165, 1.54) is 96.3 Å². The molecule has 0 rings (SSSR count). The molecule has 0 heterocycles. The second kappa shape index (κ2) is 39.3. The third-order valence-electron chi connectivity index (χ3n) is 9.65. The first-order chi connectivity index (χ1) is 27.1. The zero-order chi connectivity index (χ0) is 41.4. The fourth-order valence-electron chi connectivity index (χ4n) is 6.08. The van der Waals surface area contributed by atoms with E-state index in [0.29, 0.717) is 23.9 Å². The topological polar surface area (TPSA) is 108 Å². The number of quaternary nitrogens is 1. The van der Waals surface area contributed by atoms with Crippen LogP contribution in [0.4, 0.5) is 0 Å². The minimum Gasteiger partial charge on any atom is -0.477 e. The molecule has 9 nitrogen and oxygen atoms in total. The van der Waals surface area contributed by atoms with Crippen LogP contribution in [0.25, 0.3) is 0 Å². The maximum atomic E-state index is 12.7. The second-order valence-electron chi connectivity index (χ2n) is 16.4. The van der Waals surface area contributed by atoms with Gasteiger partial charge in [0.05, 0.1) is 34.4 Å². The number of hydrogen-bond acceptors (Lipinski definition) is 7. The number of allylic oxidation sites excluding steroid dienone is 6. The van der Waals surface area contributed by atoms with Gasteiger partial charge in [0.2, 0.25) is 0 Å². The average molecular weight is 793 g/mol. The minimum atomic E-state index is -1.51. The van der Waals surface area contributed by atoms with Crippen LogP contribution in [-0.4, -0.2) is 87.4 Å². The molecular formula is C47H86NO8+. The molecule has 326 valence electrons. The summed E-state index contributed by atoms with van der Waals surface area (Å²) in [6.45, 7) is 4.81. The molecule has 0 aromatic rings. The van der Waals surface area contributed by atoms with Crippen LogP contribution in [0.2, 0.25) is 0 Å². The number of aliphatic carboxylic acids is 1. The predicted octanol–water partition coefficient (Wildman–Crippen LogP) is 11.8. The van der Waals surface area contributed by atoms with Gasteiger partial charge >= 0.3 is 17.9 Å². The highest BCUT2D eigenvalue weighted by Gasteiger charge is 2.25. The molecule has 0 aliphatic heterocycles. The Morgan fingerprint density at radius 2 is 0.964 bits per heavy atom. The Balaban J connectivity index is 4.31. The van der Waals surface area contributed by atoms with Crippen LogP contribution < -0.4 is 0 Å². The van der Waals surface area contributed by atoms with E-state index in [1.807, 2.05) is 21.1 Å². The highest BCUT2D eigenvalue weighted by molar-refractivity contribution is 5.71. The normalized spacial score (nSPS) is 13.2. The van der Waals surface area contributed by atoms with E-state index in [1.54, 1.807) is 0 Å². The molecule has 9 heteroatoms. The Labute approximate surface area is 343 Å². The number of unbranched alkanes of at least 4 members (excludes halogenated alkanes) is 20. The van der Waals surface area contributed by atoms with Gasteiger partial charge < -0.3 is 28.5 Å². The van der Waals surface area contributed by atoms with Crippen molar-refractivity contribution in [1.82, 2.24) is 0 Å². The summed E-state index contributed by atoms with van der Waals surface area (Å²) in [5, 5.41) is 9.61. The van der Waals surface area contributed by atoms with E-state index in [2.05, 4.69) is 50.3 Å². The molecule has 0 aromatic heterocycles. The van der Waals surface area contributed by atoms with Crippen LogP contribution in [0.3, 0.4) is 0 Å². The monoisotopic (exact) mass is 793 g/mol. The van der Waals surface area contributed by atoms with Crippen molar-refractivity contribution < 1.29 is 42.9 Å². The van der Waals surface area contributed by atoms with E-state index in [-0.39, 0.29) is 32.2 Å². The molecule has 0 aromatic carbocycles. The molecule has 0 amide bonds. The number of carboxylic acids is 1. The van der Waals surface area contributed by atoms with Crippen LogP contribution >= 0.6 is 0 Å². The number of esters is 2. The van der Waals surface area contributed by atoms with E-state index in [9.17, 15) is 19.5 Å². The minimum absolute atomic E-state index is 0.184. The summed E-state index contributed by atoms with van der Waals surface area (Å²) in [5.74, 6) is -2.02. The van der Waals surface area contributed by atoms with Gasteiger partial charge in [-0.3, -0.25) is 9.59 Å². The Hall–Kier alpha value is -2.49. The lowest BCUT2D eigenvalue weighted by Gasteiger charge is -2.25. The standard InChI is InChI=1S/C47H85NO8/c1-6-8-10-12-14-16-17-18-19-20-21-22-23-24-25-26-27-28-29-30-32-34-36-38-45(50)56-43(42-55-47(46(51)52)53-40-39-48(3,4)5)41-54-44(49)37-35-33-31-15-13-11-9-7-2/h17-18,20-21,23-24,43,47H,6-16,19,22,25-42H2,1-5H3/p+1/b18-17-,21-20-,24-23-. The lowest BCUT2D eigenvalue weighted by atomic mass is 10.1. The summed E-state index contributed by atoms with van der Waals surface area (Å²) in [4.78, 5) is 36.9. The smallest absolute Gasteiger partial charge is 0.361 e. The van der Waals surface area contributed by atoms with Crippen molar-refractivity contribution >= 4 is 17.9 Å². The summed E-state index contributed by atoms with van der Waals surface area (Å²) in [7, 11) is 5.94. The molecule has 0 radical (unpaired) electrons. The van der Waals surface area contributed by atoms with Crippen molar-refractivity contribution in [3.8, 4) is 0 Å². The summed E-state index contributed by atoms with van der Waals surface area (Å²) in [5.41, 5.74) is 0. The number of carbonyl (C=O) groups excluding carboxylic acids is 2. The van der Waals surface area contributed by atoms with Crippen molar-refractivity contribution in [3.05, 3.63) is 36.5 Å². The SMILES string of the molecule is CCCCCCC/C=C\C/C=C\C/C=C\CCCCCCCCCCC(=O)OC(COC(=O)CCCCCCCCCC)COC(OCC[N+](C)(C)C)C(=O)O. The van der Waals surface area contributed by atoms with Crippen LogP contribution in [0.5, 0.6) is 0 Å². The van der Waals surface area contributed by atoms with E-state index >= 15 is 0 Å². The molecule has 2 unspecified atom stereocenters. The van der Waals surface area contributed by atoms with Crippen LogP contribution in [-0.2, 0) is 33.3 Å². The van der Waals surface area contributed by atoms with E-state index < -0.39 is 24.3 Å². The predicted molar refractivity (Wildman–Crippen MR) is 230 cm³/mol. The van der Waals surface area contributed by atoms with Crippen molar-refractivity contribution in [2.75, 3.05) is 47.5 Å². The first kappa shape index (κ1) is 53.5. The molecule has 0 fully saturated rings. The Morgan fingerprint density at radius 1 is 0.536 bits per heavy atom. The zero-order valence-corrected chi connectivity index (χ0v) is 36.8. The highest BCUT2D eigenvalue weighted by atomic mass is 16.7. The lowest BCUT2D eigenvalue weighted by molar-refractivity contribution is -0.870. The third kappa shape index (κ3) is 39.7. The first-order valence-corrected chi connectivity index (χ1v) is 22.7. The molecule has 0 saturated heterocycles. The molecule has 0 aliphatic rings. The van der Waals surface area contributed by atoms with Crippen molar-refractivity contribution in [1.29, 1.82) is 0 Å². The summed E-state index contributed by atoms with van der Waals surface area (Å²) < 4.78 is 22.6. The molecule has 0 aliphatic carbocycles. The van der Waals surface area contributed by atoms with E-state index in [4.69, 9.17) is 18.9 Å². The van der Waals surface area contributed by atoms with Crippen LogP contribution in [0, 0.1) is 0 Å². The third-order valence-corrected chi connectivity index (χ3v) is 9.65. The summed E-state index contributed by atoms with van der Waals surface area (Å²) in [6, 6.07) is 0. The molecule has 1 N–H and O–H groups in total. The van der Waals surface area contributed by atoms with Crippen LogP contribution in [0.15, 0.2) is 36.5 Å². The number of carbonyl (C=O) groups is 3. The number of ether oxygens (including phenoxy) is 4. The zero-order valence-electron chi connectivity index (χ0n) is 36.8. The van der Waals surface area contributed by atoms with E-state index in [0.717, 1.165) is 57.8 Å². The van der Waals surface area contributed by atoms with Gasteiger partial charge in [-0.2, -0.15) is 0 Å². The van der Waals surface area contributed by atoms with Crippen LogP contribution in [0.1, 0.15) is 187 Å². The maximum Gasteiger partial charge on any atom is 0.361 e. The van der Waals surface area contributed by atoms with Gasteiger partial charge in [-0.25, -0.2) is 4.79 Å². The number of likely N-dealkylation sites (N-methyl/N-ethyl adjacent to an activating group) is 1. The van der Waals surface area contributed by atoms with Crippen molar-refractivity contribution in [3.63, 3.8) is 0 Å². The summed E-state index contributed by atoms with van der Waals surface area (Å²) in [6.07, 6.45) is 40.7. The molecule has 0 spiro atoms. The molecule has 56 heavy (non-hydrogen) atoms. The van der Waals surface area contributed by atoms with Gasteiger partial charge in [-0.15, -0.1) is 0 Å². The number of hydrogen-bond donors (Lipinski definition) is 1. The van der Waals surface area contributed by atoms with Gasteiger partial charge in [0.25, 0.3) is 6.29 Å². The lowest BCUT2D eigenvalue weighted by Crippen LogP contribution is -2.40. The highest BCUT2D eigenvalue weighted by Crippen LogP contribution is 2.14. The van der Waals surface area contributed by atoms with Gasteiger partial charge in [-0.1, -0.05) is 159 Å². The fourth-order valence-corrected chi connectivity index (χ4v) is 6.08. The quantitative estimate of drug-likeness (QED) is 0.0214. The first-order valence-electron chi connectivity index (χ1n) is 22.7. The van der Waals surface area contributed by atoms with Gasteiger partial charge in [-0.05, 0) is 51.4 Å². The Kier molecular flexibility index (Phi) is 37.6. The number of nitrogens with zero attached hydrogens (tertiary/aromatic N) is 1. The molecule has 0 bridgehead atoms. The molecular weight excluding hydrogens is 707 g/mol. The second-order valence-corrected chi connectivity index (χ2v) is 16.4. The molecule has 0 saturated carbocycles. The summed E-state index contributed by atoms with van der Waals surface area (Å²) >= 11 is 0. The Morgan fingerprint density at radius 3 is 1.43 bits per heavy atom. The average Bonchev–Trinajstić information content (AvgIpc) is 3.15. The van der Waals surface area contributed by atoms with Gasteiger partial charge in [0, 0.05) is 12.8 Å². The van der Waals surface area contributed by atoms with Gasteiger partial charge in [0.15, 0.2) is 6.10 Å². The largest absolute Gasteiger partial charge is 0.477 e. The Bertz CT molecular complexity index is 1020. The fraction of sp³-hybridized carbons (Fsp3) is 0.809. The van der Waals surface area contributed by atoms with Crippen molar-refractivity contribution in [2.24, 2.45) is 0 Å². The number of carboxylic acid groups (broad SMARTS) is 1. The van der Waals surface area contributed by atoms with Crippen molar-refractivity contribution in [2.45, 2.75) is 200 Å². The molecule has 2 atom stereocenters.